The Labute approximate surface area is 140 Å². The Bertz CT molecular complexity index is 763. The van der Waals surface area contributed by atoms with Gasteiger partial charge in [-0.3, -0.25) is 0 Å². The van der Waals surface area contributed by atoms with Gasteiger partial charge in [0.25, 0.3) is 0 Å². The van der Waals surface area contributed by atoms with Crippen LogP contribution < -0.4 is 15.4 Å². The number of aliphatic hydroxyl groups excluding tert-OH is 1. The summed E-state index contributed by atoms with van der Waals surface area (Å²) in [4.78, 5) is 8.26. The van der Waals surface area contributed by atoms with E-state index in [0.29, 0.717) is 18.2 Å². The van der Waals surface area contributed by atoms with Crippen LogP contribution in [0.3, 0.4) is 0 Å². The van der Waals surface area contributed by atoms with Gasteiger partial charge in [-0.05, 0) is 36.4 Å². The van der Waals surface area contributed by atoms with Gasteiger partial charge in [-0.2, -0.15) is 0 Å². The van der Waals surface area contributed by atoms with E-state index in [0.717, 1.165) is 17.2 Å². The Morgan fingerprint density at radius 2 is 1.58 bits per heavy atom. The zero-order valence-corrected chi connectivity index (χ0v) is 13.0. The van der Waals surface area contributed by atoms with Crippen LogP contribution in [0.25, 0.3) is 0 Å². The number of ether oxygens (including phenoxy) is 1. The first-order valence-electron chi connectivity index (χ1n) is 7.60. The molecule has 3 rings (SSSR count). The van der Waals surface area contributed by atoms with Crippen LogP contribution in [0, 0.1) is 0 Å². The minimum absolute atomic E-state index is 0.0512. The minimum Gasteiger partial charge on any atom is -0.457 e. The number of aromatic nitrogens is 2. The van der Waals surface area contributed by atoms with Gasteiger partial charge in [0.2, 0.25) is 0 Å². The lowest BCUT2D eigenvalue weighted by atomic mass is 10.3. The molecular weight excluding hydrogens is 304 g/mol. The number of nitrogens with zero attached hydrogens (tertiary/aromatic N) is 2. The molecule has 0 aliphatic rings. The molecule has 0 spiro atoms. The number of nitrogens with one attached hydrogen (secondary N) is 2. The summed E-state index contributed by atoms with van der Waals surface area (Å²) in [5, 5.41) is 15.0. The van der Waals surface area contributed by atoms with Crippen molar-refractivity contribution in [3.05, 3.63) is 67.0 Å². The lowest BCUT2D eigenvalue weighted by Gasteiger charge is -2.09. The van der Waals surface area contributed by atoms with Crippen LogP contribution >= 0.6 is 0 Å². The third kappa shape index (κ3) is 4.44. The fourth-order valence-electron chi connectivity index (χ4n) is 2.09. The summed E-state index contributed by atoms with van der Waals surface area (Å²) in [6, 6.07) is 19.0. The van der Waals surface area contributed by atoms with Crippen LogP contribution in [0.2, 0.25) is 0 Å². The van der Waals surface area contributed by atoms with Crippen molar-refractivity contribution in [2.45, 2.75) is 0 Å². The van der Waals surface area contributed by atoms with E-state index in [1.54, 1.807) is 6.07 Å². The van der Waals surface area contributed by atoms with Gasteiger partial charge >= 0.3 is 0 Å². The van der Waals surface area contributed by atoms with Crippen molar-refractivity contribution in [2.75, 3.05) is 23.8 Å². The Kier molecular flexibility index (Phi) is 5.21. The molecule has 6 heteroatoms. The fourth-order valence-corrected chi connectivity index (χ4v) is 2.09. The number of hydrogen-bond acceptors (Lipinski definition) is 6. The smallest absolute Gasteiger partial charge is 0.135 e. The lowest BCUT2D eigenvalue weighted by Crippen LogP contribution is -2.07. The number of hydrogen-bond donors (Lipinski definition) is 3. The van der Waals surface area contributed by atoms with Crippen molar-refractivity contribution in [1.29, 1.82) is 0 Å². The molecule has 122 valence electrons. The second-order valence-corrected chi connectivity index (χ2v) is 5.00. The first-order chi connectivity index (χ1) is 11.8. The van der Waals surface area contributed by atoms with Crippen molar-refractivity contribution in [1.82, 2.24) is 9.97 Å². The van der Waals surface area contributed by atoms with Gasteiger partial charge in [-0.1, -0.05) is 18.2 Å². The molecule has 0 bridgehead atoms. The van der Waals surface area contributed by atoms with Gasteiger partial charge in [0, 0.05) is 18.3 Å². The molecule has 0 saturated carbocycles. The maximum absolute atomic E-state index is 8.83. The maximum Gasteiger partial charge on any atom is 0.135 e. The second-order valence-electron chi connectivity index (χ2n) is 5.00. The quantitative estimate of drug-likeness (QED) is 0.618. The number of anilines is 3. The van der Waals surface area contributed by atoms with Crippen molar-refractivity contribution >= 4 is 17.3 Å². The highest BCUT2D eigenvalue weighted by molar-refractivity contribution is 5.59. The van der Waals surface area contributed by atoms with Crippen LogP contribution in [0.4, 0.5) is 17.3 Å². The Balaban J connectivity index is 1.64. The van der Waals surface area contributed by atoms with Crippen LogP contribution in [0.5, 0.6) is 11.5 Å². The number of rotatable bonds is 7. The molecule has 0 aliphatic heterocycles. The largest absolute Gasteiger partial charge is 0.457 e. The summed E-state index contributed by atoms with van der Waals surface area (Å²) in [6.45, 7) is 0.498. The third-order valence-electron chi connectivity index (χ3n) is 3.19. The SMILES string of the molecule is OCCNc1cc(Nc2ccc(Oc3ccccc3)cc2)ncn1. The molecule has 2 aromatic carbocycles. The summed E-state index contributed by atoms with van der Waals surface area (Å²) in [5.74, 6) is 2.89. The Morgan fingerprint density at radius 3 is 2.33 bits per heavy atom. The van der Waals surface area contributed by atoms with E-state index in [4.69, 9.17) is 9.84 Å². The van der Waals surface area contributed by atoms with E-state index in [-0.39, 0.29) is 6.61 Å². The Hall–Kier alpha value is -3.12. The zero-order valence-electron chi connectivity index (χ0n) is 13.0. The van der Waals surface area contributed by atoms with Crippen LogP contribution in [-0.2, 0) is 0 Å². The minimum atomic E-state index is 0.0512. The van der Waals surface area contributed by atoms with Gasteiger partial charge in [-0.15, -0.1) is 0 Å². The van der Waals surface area contributed by atoms with Crippen LogP contribution in [-0.4, -0.2) is 28.2 Å². The van der Waals surface area contributed by atoms with Crippen molar-refractivity contribution in [3.63, 3.8) is 0 Å². The topological polar surface area (TPSA) is 79.3 Å². The van der Waals surface area contributed by atoms with E-state index in [1.165, 1.54) is 6.33 Å². The average Bonchev–Trinajstić information content (AvgIpc) is 2.63. The first-order valence-corrected chi connectivity index (χ1v) is 7.60. The van der Waals surface area contributed by atoms with Gasteiger partial charge in [0.15, 0.2) is 0 Å². The Morgan fingerprint density at radius 1 is 0.875 bits per heavy atom. The van der Waals surface area contributed by atoms with Crippen molar-refractivity contribution in [3.8, 4) is 11.5 Å². The summed E-state index contributed by atoms with van der Waals surface area (Å²) < 4.78 is 5.76. The molecule has 3 N–H and O–H groups in total. The summed E-state index contributed by atoms with van der Waals surface area (Å²) in [5.41, 5.74) is 0.891. The normalized spacial score (nSPS) is 10.2. The highest BCUT2D eigenvalue weighted by Gasteiger charge is 2.01. The zero-order chi connectivity index (χ0) is 16.6. The average molecular weight is 322 g/mol. The summed E-state index contributed by atoms with van der Waals surface area (Å²) in [7, 11) is 0. The maximum atomic E-state index is 8.83. The van der Waals surface area contributed by atoms with E-state index in [2.05, 4.69) is 20.6 Å². The van der Waals surface area contributed by atoms with Gasteiger partial charge in [0.05, 0.1) is 6.61 Å². The third-order valence-corrected chi connectivity index (χ3v) is 3.19. The molecule has 0 atom stereocenters. The first kappa shape index (κ1) is 15.8. The standard InChI is InChI=1S/C18H18N4O2/c23-11-10-19-17-12-18(21-13-20-17)22-14-6-8-16(9-7-14)24-15-4-2-1-3-5-15/h1-9,12-13,23H,10-11H2,(H2,19,20,21,22). The predicted octanol–water partition coefficient (Wildman–Crippen LogP) is 3.42. The molecular formula is C18H18N4O2. The highest BCUT2D eigenvalue weighted by atomic mass is 16.5. The number of benzene rings is 2. The monoisotopic (exact) mass is 322 g/mol. The van der Waals surface area contributed by atoms with E-state index in [9.17, 15) is 0 Å². The molecule has 1 aromatic heterocycles. The molecule has 0 fully saturated rings. The van der Waals surface area contributed by atoms with E-state index in [1.807, 2.05) is 54.6 Å². The lowest BCUT2D eigenvalue weighted by molar-refractivity contribution is 0.311. The molecule has 0 saturated heterocycles. The van der Waals surface area contributed by atoms with E-state index < -0.39 is 0 Å². The summed E-state index contributed by atoms with van der Waals surface area (Å²) >= 11 is 0. The van der Waals surface area contributed by atoms with Gasteiger partial charge < -0.3 is 20.5 Å². The van der Waals surface area contributed by atoms with Gasteiger partial charge in [-0.25, -0.2) is 9.97 Å². The molecule has 0 unspecified atom stereocenters. The molecule has 24 heavy (non-hydrogen) atoms. The molecule has 0 radical (unpaired) electrons. The second kappa shape index (κ2) is 7.94. The molecule has 1 heterocycles. The van der Waals surface area contributed by atoms with Crippen LogP contribution in [0.15, 0.2) is 67.0 Å². The van der Waals surface area contributed by atoms with Crippen molar-refractivity contribution < 1.29 is 9.84 Å². The number of para-hydroxylation sites is 1. The fraction of sp³-hybridized carbons (Fsp3) is 0.111. The van der Waals surface area contributed by atoms with Crippen LogP contribution in [0.1, 0.15) is 0 Å². The highest BCUT2D eigenvalue weighted by Crippen LogP contribution is 2.24. The van der Waals surface area contributed by atoms with Gasteiger partial charge in [0.1, 0.15) is 29.5 Å². The molecule has 6 nitrogen and oxygen atoms in total. The molecule has 0 amide bonds. The molecule has 3 aromatic rings. The van der Waals surface area contributed by atoms with Crippen molar-refractivity contribution in [2.24, 2.45) is 0 Å². The number of aliphatic hydroxyl groups is 1. The molecule has 0 aliphatic carbocycles. The van der Waals surface area contributed by atoms with E-state index >= 15 is 0 Å². The summed E-state index contributed by atoms with van der Waals surface area (Å²) in [6.07, 6.45) is 1.47. The predicted molar refractivity (Wildman–Crippen MR) is 93.8 cm³/mol.